The van der Waals surface area contributed by atoms with Crippen LogP contribution in [0.4, 0.5) is 11.6 Å². The number of methoxy groups -OCH3 is 2. The number of nitrogens with zero attached hydrogens (tertiary/aromatic N) is 2. The van der Waals surface area contributed by atoms with E-state index in [0.717, 1.165) is 10.0 Å². The van der Waals surface area contributed by atoms with Crippen LogP contribution in [-0.2, 0) is 28.7 Å². The summed E-state index contributed by atoms with van der Waals surface area (Å²) < 4.78 is 9.73. The highest BCUT2D eigenvalue weighted by Crippen LogP contribution is 2.11. The van der Waals surface area contributed by atoms with Crippen LogP contribution >= 0.6 is 15.9 Å². The number of halogens is 1. The smallest absolute Gasteiger partial charge is 0.306 e. The van der Waals surface area contributed by atoms with Crippen LogP contribution in [0.3, 0.4) is 0 Å². The van der Waals surface area contributed by atoms with E-state index in [2.05, 4.69) is 102 Å². The minimum absolute atomic E-state index is 0.0576. The lowest BCUT2D eigenvalue weighted by Crippen LogP contribution is -2.16. The topological polar surface area (TPSA) is 137 Å². The minimum atomic E-state index is -1.41. The third-order valence-corrected chi connectivity index (χ3v) is 6.82. The van der Waals surface area contributed by atoms with E-state index in [1.165, 1.54) is 14.2 Å². The van der Waals surface area contributed by atoms with Crippen LogP contribution in [0.5, 0.6) is 0 Å². The van der Waals surface area contributed by atoms with E-state index in [1.807, 2.05) is 6.07 Å². The fraction of sp³-hybridized carbons (Fsp3) is 0.400. The summed E-state index contributed by atoms with van der Waals surface area (Å²) >= 11 is 3.23. The van der Waals surface area contributed by atoms with Gasteiger partial charge >= 0.3 is 11.9 Å². The number of esters is 2. The standard InChI is InChI=1S/C15H20N2O3Si.C10H11BrN2O3.C5H10Si/c1-20-15(19)8-7-14(18)17-13-6-5-12(11-16-13)9-10-21(2,3)4;1-16-10(15)5-4-9(14)13-8-3-2-7(11)6-12-8;1-5-6(2,3)4/h5-6,11H,7-8H2,1-4H3,(H,16,17,18);2-3,6H,4-5H2,1H3,(H,12,13,14);1H,2-4H3. The molecule has 0 saturated heterocycles. The summed E-state index contributed by atoms with van der Waals surface area (Å²) in [6.45, 7) is 12.9. The SMILES string of the molecule is C#C[Si](C)(C)C.COC(=O)CCC(=O)Nc1ccc(Br)cn1.COC(=O)CCC(=O)Nc1ccc(C#C[Si](C)(C)C)cn1. The predicted molar refractivity (Wildman–Crippen MR) is 178 cm³/mol. The number of pyridine rings is 2. The highest BCUT2D eigenvalue weighted by Gasteiger charge is 2.10. The van der Waals surface area contributed by atoms with Gasteiger partial charge in [-0.2, -0.15) is 0 Å². The van der Waals surface area contributed by atoms with E-state index in [9.17, 15) is 19.2 Å². The largest absolute Gasteiger partial charge is 0.469 e. The third-order valence-electron chi connectivity index (χ3n) is 4.61. The molecule has 0 saturated carbocycles. The average Bonchev–Trinajstić information content (AvgIpc) is 2.95. The number of amides is 2. The fourth-order valence-corrected chi connectivity index (χ4v) is 3.05. The molecule has 0 bridgehead atoms. The first-order valence-corrected chi connectivity index (χ1v) is 21.1. The lowest BCUT2D eigenvalue weighted by atomic mass is 10.3. The molecule has 2 aromatic heterocycles. The molecule has 10 nitrogen and oxygen atoms in total. The Balaban J connectivity index is 0.000000707. The average molecular weight is 690 g/mol. The Morgan fingerprint density at radius 1 is 0.767 bits per heavy atom. The zero-order valence-electron chi connectivity index (χ0n) is 26.1. The first-order chi connectivity index (χ1) is 20.0. The van der Waals surface area contributed by atoms with Crippen molar-refractivity contribution in [3.05, 3.63) is 46.7 Å². The second-order valence-corrected chi connectivity index (χ2v) is 21.4. The van der Waals surface area contributed by atoms with Crippen molar-refractivity contribution in [2.24, 2.45) is 0 Å². The molecule has 0 aliphatic heterocycles. The monoisotopic (exact) mass is 688 g/mol. The van der Waals surface area contributed by atoms with Crippen molar-refractivity contribution in [2.45, 2.75) is 65.0 Å². The van der Waals surface area contributed by atoms with Gasteiger partial charge in [-0.15, -0.1) is 17.5 Å². The van der Waals surface area contributed by atoms with E-state index >= 15 is 0 Å². The molecular formula is C30H41BrN4O6Si2. The Hall–Kier alpha value is -3.79. The van der Waals surface area contributed by atoms with Crippen LogP contribution in [0, 0.1) is 23.4 Å². The van der Waals surface area contributed by atoms with E-state index < -0.39 is 28.1 Å². The van der Waals surface area contributed by atoms with E-state index in [0.29, 0.717) is 11.6 Å². The van der Waals surface area contributed by atoms with Gasteiger partial charge in [0.1, 0.15) is 27.8 Å². The van der Waals surface area contributed by atoms with E-state index in [1.54, 1.807) is 30.6 Å². The molecule has 0 unspecified atom stereocenters. The summed E-state index contributed by atoms with van der Waals surface area (Å²) in [4.78, 5) is 52.8. The van der Waals surface area contributed by atoms with Gasteiger partial charge in [0, 0.05) is 35.3 Å². The zero-order chi connectivity index (χ0) is 33.1. The van der Waals surface area contributed by atoms with Crippen molar-refractivity contribution in [2.75, 3.05) is 24.9 Å². The summed E-state index contributed by atoms with van der Waals surface area (Å²) in [6.07, 6.45) is 8.61. The molecule has 2 heterocycles. The summed E-state index contributed by atoms with van der Waals surface area (Å²) in [6, 6.07) is 6.95. The Morgan fingerprint density at radius 3 is 1.53 bits per heavy atom. The lowest BCUT2D eigenvalue weighted by molar-refractivity contribution is -0.142. The lowest BCUT2D eigenvalue weighted by Gasteiger charge is -2.05. The van der Waals surface area contributed by atoms with Gasteiger partial charge in [-0.25, -0.2) is 9.97 Å². The summed E-state index contributed by atoms with van der Waals surface area (Å²) in [7, 11) is 0.0711. The Bertz CT molecular complexity index is 1300. The Morgan fingerprint density at radius 2 is 1.21 bits per heavy atom. The summed E-state index contributed by atoms with van der Waals surface area (Å²) in [5.41, 5.74) is 6.81. The van der Waals surface area contributed by atoms with Gasteiger partial charge in [0.15, 0.2) is 0 Å². The first kappa shape index (κ1) is 39.2. The molecule has 0 radical (unpaired) electrons. The number of hydrogen-bond donors (Lipinski definition) is 2. The normalized spacial score (nSPS) is 10.0. The Kier molecular flexibility index (Phi) is 18.4. The predicted octanol–water partition coefficient (Wildman–Crippen LogP) is 5.44. The van der Waals surface area contributed by atoms with Crippen LogP contribution in [0.25, 0.3) is 0 Å². The molecule has 0 atom stereocenters. The maximum atomic E-state index is 11.6. The number of terminal acetylenes is 1. The number of carbonyl (C=O) groups is 4. The summed E-state index contributed by atoms with van der Waals surface area (Å²) in [5.74, 6) is 2.65. The highest BCUT2D eigenvalue weighted by molar-refractivity contribution is 9.10. The molecule has 0 aliphatic rings. The fourth-order valence-electron chi connectivity index (χ4n) is 2.30. The molecule has 43 heavy (non-hydrogen) atoms. The van der Waals surface area contributed by atoms with Crippen LogP contribution in [-0.4, -0.2) is 64.1 Å². The number of nitrogens with one attached hydrogen (secondary N) is 2. The van der Waals surface area contributed by atoms with Crippen LogP contribution < -0.4 is 10.6 Å². The van der Waals surface area contributed by atoms with Crippen molar-refractivity contribution in [3.63, 3.8) is 0 Å². The number of aromatic nitrogens is 2. The maximum Gasteiger partial charge on any atom is 0.306 e. The first-order valence-electron chi connectivity index (χ1n) is 13.3. The molecule has 13 heteroatoms. The van der Waals surface area contributed by atoms with Crippen molar-refractivity contribution in [1.82, 2.24) is 9.97 Å². The number of ether oxygens (including phenoxy) is 2. The van der Waals surface area contributed by atoms with Gasteiger partial charge in [-0.1, -0.05) is 45.2 Å². The number of rotatable bonds is 8. The second kappa shape index (κ2) is 20.2. The molecule has 2 amide bonds. The molecule has 0 fully saturated rings. The van der Waals surface area contributed by atoms with Gasteiger partial charge in [0.05, 0.1) is 27.1 Å². The zero-order valence-corrected chi connectivity index (χ0v) is 29.7. The van der Waals surface area contributed by atoms with Crippen molar-refractivity contribution < 1.29 is 28.7 Å². The number of carbonyl (C=O) groups excluding carboxylic acids is 4. The van der Waals surface area contributed by atoms with Gasteiger partial charge < -0.3 is 20.1 Å². The molecular weight excluding hydrogens is 648 g/mol. The third kappa shape index (κ3) is 22.5. The van der Waals surface area contributed by atoms with Crippen LogP contribution in [0.2, 0.25) is 39.3 Å². The molecule has 0 aromatic carbocycles. The molecule has 2 N–H and O–H groups in total. The molecule has 2 rings (SSSR count). The van der Waals surface area contributed by atoms with Gasteiger partial charge in [-0.05, 0) is 40.2 Å². The van der Waals surface area contributed by atoms with E-state index in [-0.39, 0.29) is 37.5 Å². The molecule has 2 aromatic rings. The van der Waals surface area contributed by atoms with Crippen molar-refractivity contribution in [1.29, 1.82) is 0 Å². The van der Waals surface area contributed by atoms with Crippen molar-refractivity contribution in [3.8, 4) is 23.4 Å². The van der Waals surface area contributed by atoms with Crippen molar-refractivity contribution >= 4 is 67.5 Å². The molecule has 0 aliphatic carbocycles. The molecule has 0 spiro atoms. The van der Waals surface area contributed by atoms with Crippen LogP contribution in [0.15, 0.2) is 41.1 Å². The van der Waals surface area contributed by atoms with Crippen LogP contribution in [0.1, 0.15) is 31.2 Å². The number of anilines is 2. The van der Waals surface area contributed by atoms with Gasteiger partial charge in [0.2, 0.25) is 11.8 Å². The maximum absolute atomic E-state index is 11.6. The number of hydrogen-bond acceptors (Lipinski definition) is 8. The van der Waals surface area contributed by atoms with Gasteiger partial charge in [0.25, 0.3) is 0 Å². The summed E-state index contributed by atoms with van der Waals surface area (Å²) in [5, 5.41) is 5.19. The highest BCUT2D eigenvalue weighted by atomic mass is 79.9. The minimum Gasteiger partial charge on any atom is -0.469 e. The quantitative estimate of drug-likeness (QED) is 0.213. The second-order valence-electron chi connectivity index (χ2n) is 10.9. The molecule has 232 valence electrons. The Labute approximate surface area is 265 Å². The van der Waals surface area contributed by atoms with E-state index in [4.69, 9.17) is 6.42 Å². The van der Waals surface area contributed by atoms with Gasteiger partial charge in [-0.3, -0.25) is 19.2 Å².